The Morgan fingerprint density at radius 2 is 2.19 bits per heavy atom. The fraction of sp³-hybridized carbons (Fsp3) is 0.733. The van der Waals surface area contributed by atoms with Gasteiger partial charge in [0, 0.05) is 19.0 Å². The number of nitrogens with two attached hydrogens (primary N) is 1. The van der Waals surface area contributed by atoms with Crippen LogP contribution in [-0.2, 0) is 0 Å². The molecule has 3 atom stereocenters. The lowest BCUT2D eigenvalue weighted by molar-refractivity contribution is -0.0597. The van der Waals surface area contributed by atoms with Gasteiger partial charge in [0.2, 0.25) is 5.95 Å². The van der Waals surface area contributed by atoms with E-state index in [4.69, 9.17) is 17.3 Å². The second kappa shape index (κ2) is 5.29. The third kappa shape index (κ3) is 2.46. The quantitative estimate of drug-likeness (QED) is 0.877. The van der Waals surface area contributed by atoms with E-state index in [0.717, 1.165) is 38.2 Å². The topological polar surface area (TPSA) is 75.3 Å². The maximum atomic E-state index is 10.9. The highest BCUT2D eigenvalue weighted by molar-refractivity contribution is 6.33. The number of aryl methyl sites for hydroxylation is 1. The summed E-state index contributed by atoms with van der Waals surface area (Å²) >= 11 is 6.36. The SMILES string of the molecule is CC[C@@]1(O)CCC[C@@H]2CN(c3nc(N)nc(C)c3Cl)C[C@@H]21. The first kappa shape index (κ1) is 14.9. The van der Waals surface area contributed by atoms with Crippen LogP contribution in [0.5, 0.6) is 0 Å². The zero-order valence-corrected chi connectivity index (χ0v) is 13.4. The normalized spacial score (nSPS) is 32.3. The largest absolute Gasteiger partial charge is 0.390 e. The van der Waals surface area contributed by atoms with Crippen molar-refractivity contribution in [2.24, 2.45) is 11.8 Å². The van der Waals surface area contributed by atoms with E-state index in [1.807, 2.05) is 6.92 Å². The van der Waals surface area contributed by atoms with E-state index in [9.17, 15) is 5.11 Å². The summed E-state index contributed by atoms with van der Waals surface area (Å²) in [6.45, 7) is 5.60. The van der Waals surface area contributed by atoms with Crippen LogP contribution < -0.4 is 10.6 Å². The van der Waals surface area contributed by atoms with Crippen molar-refractivity contribution >= 4 is 23.4 Å². The summed E-state index contributed by atoms with van der Waals surface area (Å²) in [5.74, 6) is 1.78. The van der Waals surface area contributed by atoms with Crippen LogP contribution in [0.1, 0.15) is 38.3 Å². The standard InChI is InChI=1S/C15H23ClN4O/c1-3-15(21)6-4-5-10-7-20(8-11(10)15)13-12(16)9(2)18-14(17)19-13/h10-11,21H,3-8H2,1-2H3,(H2,17,18,19)/t10-,11+,15-/m1/s1. The molecule has 6 heteroatoms. The minimum absolute atomic E-state index is 0.257. The molecule has 21 heavy (non-hydrogen) atoms. The summed E-state index contributed by atoms with van der Waals surface area (Å²) in [7, 11) is 0. The molecule has 0 unspecified atom stereocenters. The molecule has 1 aliphatic heterocycles. The highest BCUT2D eigenvalue weighted by atomic mass is 35.5. The molecule has 2 fully saturated rings. The number of aromatic nitrogens is 2. The molecule has 1 aromatic heterocycles. The Morgan fingerprint density at radius 1 is 1.43 bits per heavy atom. The van der Waals surface area contributed by atoms with Crippen LogP contribution >= 0.6 is 11.6 Å². The van der Waals surface area contributed by atoms with E-state index < -0.39 is 5.60 Å². The Bertz CT molecular complexity index is 553. The van der Waals surface area contributed by atoms with Crippen molar-refractivity contribution in [1.29, 1.82) is 0 Å². The summed E-state index contributed by atoms with van der Waals surface area (Å²) in [6, 6.07) is 0. The molecule has 3 rings (SSSR count). The molecular weight excluding hydrogens is 288 g/mol. The Labute approximate surface area is 130 Å². The minimum Gasteiger partial charge on any atom is -0.390 e. The van der Waals surface area contributed by atoms with Crippen LogP contribution in [0.25, 0.3) is 0 Å². The van der Waals surface area contributed by atoms with Gasteiger partial charge in [-0.1, -0.05) is 24.9 Å². The summed E-state index contributed by atoms with van der Waals surface area (Å²) in [5.41, 5.74) is 5.93. The van der Waals surface area contributed by atoms with Gasteiger partial charge in [-0.3, -0.25) is 0 Å². The molecule has 1 aliphatic carbocycles. The summed E-state index contributed by atoms with van der Waals surface area (Å²) < 4.78 is 0. The number of hydrogen-bond acceptors (Lipinski definition) is 5. The van der Waals surface area contributed by atoms with Crippen molar-refractivity contribution in [2.75, 3.05) is 23.7 Å². The maximum Gasteiger partial charge on any atom is 0.222 e. The smallest absolute Gasteiger partial charge is 0.222 e. The van der Waals surface area contributed by atoms with Crippen molar-refractivity contribution in [3.05, 3.63) is 10.7 Å². The fourth-order valence-electron chi connectivity index (χ4n) is 4.01. The van der Waals surface area contributed by atoms with Crippen LogP contribution in [0.3, 0.4) is 0 Å². The fourth-order valence-corrected chi connectivity index (χ4v) is 4.22. The van der Waals surface area contributed by atoms with Gasteiger partial charge in [0.1, 0.15) is 5.02 Å². The second-order valence-electron chi connectivity index (χ2n) is 6.43. The average Bonchev–Trinajstić information content (AvgIpc) is 2.88. The summed E-state index contributed by atoms with van der Waals surface area (Å²) in [6.07, 6.45) is 3.97. The van der Waals surface area contributed by atoms with Crippen molar-refractivity contribution < 1.29 is 5.11 Å². The Hall–Kier alpha value is -1.07. The van der Waals surface area contributed by atoms with E-state index in [1.165, 1.54) is 6.42 Å². The van der Waals surface area contributed by atoms with Crippen LogP contribution in [0.2, 0.25) is 5.02 Å². The monoisotopic (exact) mass is 310 g/mol. The molecule has 0 aromatic carbocycles. The van der Waals surface area contributed by atoms with Crippen molar-refractivity contribution in [3.8, 4) is 0 Å². The molecule has 1 saturated carbocycles. The van der Waals surface area contributed by atoms with Crippen LogP contribution in [0.4, 0.5) is 11.8 Å². The van der Waals surface area contributed by atoms with Gasteiger partial charge in [0.25, 0.3) is 0 Å². The molecule has 2 heterocycles. The molecule has 1 aromatic rings. The number of anilines is 2. The highest BCUT2D eigenvalue weighted by Gasteiger charge is 2.48. The Morgan fingerprint density at radius 3 is 2.90 bits per heavy atom. The second-order valence-corrected chi connectivity index (χ2v) is 6.80. The summed E-state index contributed by atoms with van der Waals surface area (Å²) in [4.78, 5) is 10.6. The van der Waals surface area contributed by atoms with Crippen molar-refractivity contribution in [2.45, 2.75) is 45.1 Å². The average molecular weight is 311 g/mol. The first-order valence-electron chi connectivity index (χ1n) is 7.71. The Kier molecular flexibility index (Phi) is 3.74. The maximum absolute atomic E-state index is 10.9. The lowest BCUT2D eigenvalue weighted by atomic mass is 9.69. The van der Waals surface area contributed by atoms with E-state index in [1.54, 1.807) is 0 Å². The third-order valence-corrected chi connectivity index (χ3v) is 5.69. The molecule has 1 saturated heterocycles. The number of hydrogen-bond donors (Lipinski definition) is 2. The predicted molar refractivity (Wildman–Crippen MR) is 84.5 cm³/mol. The molecule has 0 spiro atoms. The number of nitrogen functional groups attached to an aromatic ring is 1. The zero-order chi connectivity index (χ0) is 15.2. The van der Waals surface area contributed by atoms with E-state index >= 15 is 0 Å². The number of aliphatic hydroxyl groups is 1. The first-order valence-corrected chi connectivity index (χ1v) is 8.09. The van der Waals surface area contributed by atoms with Gasteiger partial charge in [0.15, 0.2) is 5.82 Å². The van der Waals surface area contributed by atoms with Gasteiger partial charge in [-0.15, -0.1) is 0 Å². The minimum atomic E-state index is -0.544. The van der Waals surface area contributed by atoms with E-state index in [0.29, 0.717) is 22.6 Å². The Balaban J connectivity index is 1.90. The lowest BCUT2D eigenvalue weighted by Crippen LogP contribution is -2.44. The van der Waals surface area contributed by atoms with Gasteiger partial charge in [-0.25, -0.2) is 4.98 Å². The predicted octanol–water partition coefficient (Wildman–Crippen LogP) is 2.40. The number of nitrogens with zero attached hydrogens (tertiary/aromatic N) is 3. The third-order valence-electron chi connectivity index (χ3n) is 5.24. The molecular formula is C15H23ClN4O. The van der Waals surface area contributed by atoms with Gasteiger partial charge in [-0.05, 0) is 32.1 Å². The zero-order valence-electron chi connectivity index (χ0n) is 12.6. The molecule has 0 amide bonds. The molecule has 0 bridgehead atoms. The molecule has 116 valence electrons. The van der Waals surface area contributed by atoms with Crippen LogP contribution in [0, 0.1) is 18.8 Å². The van der Waals surface area contributed by atoms with Crippen molar-refractivity contribution in [3.63, 3.8) is 0 Å². The van der Waals surface area contributed by atoms with Gasteiger partial charge >= 0.3 is 0 Å². The molecule has 0 radical (unpaired) electrons. The van der Waals surface area contributed by atoms with Gasteiger partial charge < -0.3 is 15.7 Å². The number of halogens is 1. The van der Waals surface area contributed by atoms with E-state index in [2.05, 4.69) is 21.8 Å². The molecule has 3 N–H and O–H groups in total. The first-order chi connectivity index (χ1) is 9.94. The van der Waals surface area contributed by atoms with Gasteiger partial charge in [0.05, 0.1) is 11.3 Å². The molecule has 5 nitrogen and oxygen atoms in total. The number of fused-ring (bicyclic) bond motifs is 1. The molecule has 2 aliphatic rings. The van der Waals surface area contributed by atoms with Crippen LogP contribution in [-0.4, -0.2) is 33.8 Å². The van der Waals surface area contributed by atoms with Crippen LogP contribution in [0.15, 0.2) is 0 Å². The lowest BCUT2D eigenvalue weighted by Gasteiger charge is -2.40. The van der Waals surface area contributed by atoms with E-state index in [-0.39, 0.29) is 5.95 Å². The van der Waals surface area contributed by atoms with Gasteiger partial charge in [-0.2, -0.15) is 4.98 Å². The van der Waals surface area contributed by atoms with Crippen molar-refractivity contribution in [1.82, 2.24) is 9.97 Å². The highest BCUT2D eigenvalue weighted by Crippen LogP contribution is 2.46. The number of rotatable bonds is 2. The summed E-state index contributed by atoms with van der Waals surface area (Å²) in [5, 5.41) is 11.4.